The largest absolute Gasteiger partial charge is 0.352 e. The maximum Gasteiger partial charge on any atom is 0.252 e. The Labute approximate surface area is 142 Å². The number of imidazole rings is 1. The second kappa shape index (κ2) is 7.57. The fraction of sp³-hybridized carbons (Fsp3) is 0.500. The first kappa shape index (κ1) is 16.6. The van der Waals surface area contributed by atoms with Gasteiger partial charge in [-0.25, -0.2) is 4.98 Å². The van der Waals surface area contributed by atoms with Gasteiger partial charge in [0.05, 0.1) is 11.3 Å². The van der Waals surface area contributed by atoms with E-state index in [1.54, 1.807) is 24.5 Å². The van der Waals surface area contributed by atoms with Crippen LogP contribution < -0.4 is 5.32 Å². The molecule has 6 heteroatoms. The Balaban J connectivity index is 1.47. The number of H-pyrrole nitrogens is 1. The number of pyridine rings is 1. The first-order chi connectivity index (χ1) is 11.7. The average Bonchev–Trinajstić information content (AvgIpc) is 3.20. The maximum atomic E-state index is 12.1. The van der Waals surface area contributed by atoms with E-state index in [0.717, 1.165) is 44.0 Å². The molecule has 1 aliphatic heterocycles. The van der Waals surface area contributed by atoms with Crippen LogP contribution in [0.3, 0.4) is 0 Å². The number of aryl methyl sites for hydroxylation is 2. The van der Waals surface area contributed by atoms with E-state index >= 15 is 0 Å². The van der Waals surface area contributed by atoms with Crippen molar-refractivity contribution in [2.75, 3.05) is 19.6 Å². The van der Waals surface area contributed by atoms with Crippen molar-refractivity contribution in [3.63, 3.8) is 0 Å². The van der Waals surface area contributed by atoms with Crippen LogP contribution in [0.15, 0.2) is 24.5 Å². The highest BCUT2D eigenvalue weighted by atomic mass is 16.1. The lowest BCUT2D eigenvalue weighted by molar-refractivity contribution is 0.0947. The lowest BCUT2D eigenvalue weighted by Gasteiger charge is -2.15. The highest BCUT2D eigenvalue weighted by molar-refractivity contribution is 5.93. The molecule has 1 aliphatic rings. The van der Waals surface area contributed by atoms with Gasteiger partial charge >= 0.3 is 0 Å². The van der Waals surface area contributed by atoms with Crippen molar-refractivity contribution >= 4 is 5.91 Å². The number of nitrogens with zero attached hydrogens (tertiary/aromatic N) is 3. The lowest BCUT2D eigenvalue weighted by Crippen LogP contribution is -2.31. The third kappa shape index (κ3) is 4.00. The number of hydrogen-bond donors (Lipinski definition) is 2. The van der Waals surface area contributed by atoms with Gasteiger partial charge in [0, 0.05) is 44.1 Å². The molecule has 1 saturated heterocycles. The molecule has 128 valence electrons. The number of hydrogen-bond acceptors (Lipinski definition) is 4. The van der Waals surface area contributed by atoms with Gasteiger partial charge in [0.2, 0.25) is 0 Å². The molecule has 0 aliphatic carbocycles. The van der Waals surface area contributed by atoms with Gasteiger partial charge in [0.1, 0.15) is 5.82 Å². The topological polar surface area (TPSA) is 73.9 Å². The normalized spacial score (nSPS) is 18.0. The Bertz CT molecular complexity index is 682. The van der Waals surface area contributed by atoms with Crippen molar-refractivity contribution < 1.29 is 4.79 Å². The summed E-state index contributed by atoms with van der Waals surface area (Å²) in [6.07, 6.45) is 5.32. The van der Waals surface area contributed by atoms with Gasteiger partial charge in [0.15, 0.2) is 0 Å². The molecule has 1 unspecified atom stereocenters. The molecule has 24 heavy (non-hydrogen) atoms. The highest BCUT2D eigenvalue weighted by Crippen LogP contribution is 2.19. The van der Waals surface area contributed by atoms with E-state index < -0.39 is 0 Å². The van der Waals surface area contributed by atoms with E-state index in [1.807, 2.05) is 0 Å². The van der Waals surface area contributed by atoms with Gasteiger partial charge in [-0.3, -0.25) is 14.7 Å². The minimum atomic E-state index is -0.0442. The molecule has 0 bridgehead atoms. The van der Waals surface area contributed by atoms with E-state index in [9.17, 15) is 4.79 Å². The van der Waals surface area contributed by atoms with Crippen LogP contribution in [0, 0.1) is 12.8 Å². The van der Waals surface area contributed by atoms with E-state index in [0.29, 0.717) is 18.0 Å². The van der Waals surface area contributed by atoms with E-state index in [4.69, 9.17) is 0 Å². The Hall–Kier alpha value is -2.21. The minimum Gasteiger partial charge on any atom is -0.352 e. The standard InChI is InChI=1S/C18H25N5O/c1-3-17-21-13(2)16(22-17)12-23-8-6-14(11-23)9-20-18(24)15-5-4-7-19-10-15/h4-5,7,10,14H,3,6,8-9,11-12H2,1-2H3,(H,20,24)(H,21,22). The molecule has 3 heterocycles. The predicted molar refractivity (Wildman–Crippen MR) is 92.7 cm³/mol. The molecular weight excluding hydrogens is 302 g/mol. The molecular formula is C18H25N5O. The zero-order chi connectivity index (χ0) is 16.9. The van der Waals surface area contributed by atoms with Crippen molar-refractivity contribution in [1.82, 2.24) is 25.2 Å². The second-order valence-electron chi connectivity index (χ2n) is 6.45. The molecule has 1 amide bonds. The van der Waals surface area contributed by atoms with Crippen LogP contribution in [0.5, 0.6) is 0 Å². The van der Waals surface area contributed by atoms with E-state index in [-0.39, 0.29) is 5.91 Å². The van der Waals surface area contributed by atoms with Crippen LogP contribution in [0.4, 0.5) is 0 Å². The van der Waals surface area contributed by atoms with Crippen LogP contribution in [-0.2, 0) is 13.0 Å². The van der Waals surface area contributed by atoms with Gasteiger partial charge < -0.3 is 10.3 Å². The fourth-order valence-electron chi connectivity index (χ4n) is 3.16. The highest BCUT2D eigenvalue weighted by Gasteiger charge is 2.24. The SMILES string of the molecule is CCc1nc(CN2CCC(CNC(=O)c3cccnc3)C2)c(C)[nH]1. The average molecular weight is 327 g/mol. The van der Waals surface area contributed by atoms with Gasteiger partial charge in [0.25, 0.3) is 5.91 Å². The summed E-state index contributed by atoms with van der Waals surface area (Å²) in [5.74, 6) is 1.51. The quantitative estimate of drug-likeness (QED) is 0.850. The third-order valence-corrected chi connectivity index (χ3v) is 4.59. The Morgan fingerprint density at radius 1 is 1.50 bits per heavy atom. The van der Waals surface area contributed by atoms with E-state index in [1.165, 1.54) is 5.69 Å². The van der Waals surface area contributed by atoms with Gasteiger partial charge in [-0.1, -0.05) is 6.92 Å². The summed E-state index contributed by atoms with van der Waals surface area (Å²) in [7, 11) is 0. The van der Waals surface area contributed by atoms with Crippen LogP contribution in [0.1, 0.15) is 40.9 Å². The minimum absolute atomic E-state index is 0.0442. The van der Waals surface area contributed by atoms with Crippen LogP contribution in [-0.4, -0.2) is 45.4 Å². The predicted octanol–water partition coefficient (Wildman–Crippen LogP) is 1.93. The smallest absolute Gasteiger partial charge is 0.252 e. The number of carbonyl (C=O) groups is 1. The van der Waals surface area contributed by atoms with Crippen molar-refractivity contribution in [2.45, 2.75) is 33.2 Å². The molecule has 0 radical (unpaired) electrons. The summed E-state index contributed by atoms with van der Waals surface area (Å²) in [6, 6.07) is 3.57. The summed E-state index contributed by atoms with van der Waals surface area (Å²) >= 11 is 0. The molecule has 6 nitrogen and oxygen atoms in total. The summed E-state index contributed by atoms with van der Waals surface area (Å²) < 4.78 is 0. The van der Waals surface area contributed by atoms with Crippen LogP contribution in [0.2, 0.25) is 0 Å². The molecule has 1 atom stereocenters. The Morgan fingerprint density at radius 3 is 3.08 bits per heavy atom. The number of carbonyl (C=O) groups excluding carboxylic acids is 1. The monoisotopic (exact) mass is 327 g/mol. The lowest BCUT2D eigenvalue weighted by atomic mass is 10.1. The molecule has 2 N–H and O–H groups in total. The molecule has 0 saturated carbocycles. The maximum absolute atomic E-state index is 12.1. The van der Waals surface area contributed by atoms with Crippen LogP contribution in [0.25, 0.3) is 0 Å². The van der Waals surface area contributed by atoms with Crippen molar-refractivity contribution in [2.24, 2.45) is 5.92 Å². The molecule has 3 rings (SSSR count). The third-order valence-electron chi connectivity index (χ3n) is 4.59. The Morgan fingerprint density at radius 2 is 2.38 bits per heavy atom. The molecule has 0 spiro atoms. The van der Waals surface area contributed by atoms with Crippen molar-refractivity contribution in [3.8, 4) is 0 Å². The van der Waals surface area contributed by atoms with Gasteiger partial charge in [-0.05, 0) is 37.9 Å². The molecule has 0 aromatic carbocycles. The summed E-state index contributed by atoms with van der Waals surface area (Å²) in [5, 5.41) is 3.02. The Kier molecular flexibility index (Phi) is 5.25. The van der Waals surface area contributed by atoms with Crippen LogP contribution >= 0.6 is 0 Å². The van der Waals surface area contributed by atoms with Crippen molar-refractivity contribution in [1.29, 1.82) is 0 Å². The molecule has 2 aromatic rings. The van der Waals surface area contributed by atoms with Crippen molar-refractivity contribution in [3.05, 3.63) is 47.3 Å². The second-order valence-corrected chi connectivity index (χ2v) is 6.45. The first-order valence-electron chi connectivity index (χ1n) is 8.60. The molecule has 1 fully saturated rings. The zero-order valence-corrected chi connectivity index (χ0v) is 14.4. The fourth-order valence-corrected chi connectivity index (χ4v) is 3.16. The summed E-state index contributed by atoms with van der Waals surface area (Å²) in [4.78, 5) is 26.5. The molecule has 2 aromatic heterocycles. The number of rotatable bonds is 6. The number of amides is 1. The van der Waals surface area contributed by atoms with Gasteiger partial charge in [-0.15, -0.1) is 0 Å². The number of aromatic amines is 1. The number of nitrogens with one attached hydrogen (secondary N) is 2. The van der Waals surface area contributed by atoms with Gasteiger partial charge in [-0.2, -0.15) is 0 Å². The summed E-state index contributed by atoms with van der Waals surface area (Å²) in [5.41, 5.74) is 2.93. The van der Waals surface area contributed by atoms with E-state index in [2.05, 4.69) is 39.0 Å². The summed E-state index contributed by atoms with van der Waals surface area (Å²) in [6.45, 7) is 7.85. The zero-order valence-electron chi connectivity index (χ0n) is 14.4. The number of aromatic nitrogens is 3. The first-order valence-corrected chi connectivity index (χ1v) is 8.60. The number of likely N-dealkylation sites (tertiary alicyclic amines) is 1.